The maximum atomic E-state index is 12.6. The van der Waals surface area contributed by atoms with Crippen molar-refractivity contribution in [1.82, 2.24) is 30.4 Å². The van der Waals surface area contributed by atoms with Gasteiger partial charge in [-0.3, -0.25) is 19.3 Å². The maximum absolute atomic E-state index is 12.6. The Morgan fingerprint density at radius 1 is 1.19 bits per heavy atom. The van der Waals surface area contributed by atoms with E-state index in [1.54, 1.807) is 34.7 Å². The highest BCUT2D eigenvalue weighted by Gasteiger charge is 2.13. The number of thiazole rings is 1. The summed E-state index contributed by atoms with van der Waals surface area (Å²) in [5.41, 5.74) is 2.59. The van der Waals surface area contributed by atoms with Crippen molar-refractivity contribution in [2.45, 2.75) is 6.54 Å². The summed E-state index contributed by atoms with van der Waals surface area (Å²) < 4.78 is 1.59. The summed E-state index contributed by atoms with van der Waals surface area (Å²) in [6.07, 6.45) is 5.19. The van der Waals surface area contributed by atoms with Crippen LogP contribution in [0.2, 0.25) is 0 Å². The number of pyridine rings is 1. The third kappa shape index (κ3) is 5.11. The zero-order valence-corrected chi connectivity index (χ0v) is 17.6. The van der Waals surface area contributed by atoms with Crippen molar-refractivity contribution >= 4 is 39.7 Å². The number of carbonyl (C=O) groups is 2. The molecule has 0 saturated heterocycles. The number of hydrogen-bond acceptors (Lipinski definition) is 7. The van der Waals surface area contributed by atoms with E-state index in [-0.39, 0.29) is 18.4 Å². The molecule has 2 amide bonds. The summed E-state index contributed by atoms with van der Waals surface area (Å²) in [7, 11) is 1.83. The van der Waals surface area contributed by atoms with Crippen LogP contribution in [0.25, 0.3) is 21.5 Å². The van der Waals surface area contributed by atoms with E-state index in [9.17, 15) is 9.59 Å². The second-order valence-corrected chi connectivity index (χ2v) is 7.65. The van der Waals surface area contributed by atoms with Crippen LogP contribution in [0.5, 0.6) is 0 Å². The minimum atomic E-state index is -0.290. The van der Waals surface area contributed by atoms with Crippen molar-refractivity contribution in [2.24, 2.45) is 0 Å². The van der Waals surface area contributed by atoms with Crippen molar-refractivity contribution in [3.63, 3.8) is 0 Å². The lowest BCUT2D eigenvalue weighted by Gasteiger charge is -2.04. The van der Waals surface area contributed by atoms with Gasteiger partial charge in [-0.25, -0.2) is 4.98 Å². The van der Waals surface area contributed by atoms with Crippen molar-refractivity contribution < 1.29 is 9.59 Å². The van der Waals surface area contributed by atoms with Gasteiger partial charge in [0.15, 0.2) is 0 Å². The minimum absolute atomic E-state index is 0.107. The fourth-order valence-electron chi connectivity index (χ4n) is 2.96. The average Bonchev–Trinajstić information content (AvgIpc) is 3.41. The molecule has 9 nitrogen and oxygen atoms in total. The summed E-state index contributed by atoms with van der Waals surface area (Å²) in [6.45, 7) is 1.40. The van der Waals surface area contributed by atoms with Crippen LogP contribution in [0.3, 0.4) is 0 Å². The standard InChI is InChI=1S/C21H21N7O2S/c1-22-7-8-24-19(29)12-28-11-15-9-16(4-5-17(15)27-28)25-20(30)18-13-31-21(26-18)14-3-2-6-23-10-14/h2-6,9-11,13,22H,7-8,12H2,1H3,(H,24,29)(H,25,30). The molecule has 0 aliphatic rings. The molecular formula is C21H21N7O2S. The number of fused-ring (bicyclic) bond motifs is 1. The molecule has 1 aromatic carbocycles. The van der Waals surface area contributed by atoms with Gasteiger partial charge in [0.2, 0.25) is 5.91 Å². The Morgan fingerprint density at radius 3 is 2.90 bits per heavy atom. The molecule has 0 atom stereocenters. The van der Waals surface area contributed by atoms with Crippen LogP contribution in [-0.2, 0) is 11.3 Å². The lowest BCUT2D eigenvalue weighted by atomic mass is 10.2. The number of benzene rings is 1. The van der Waals surface area contributed by atoms with Crippen molar-refractivity contribution in [3.8, 4) is 10.6 Å². The quantitative estimate of drug-likeness (QED) is 0.366. The number of hydrogen-bond donors (Lipinski definition) is 3. The highest BCUT2D eigenvalue weighted by Crippen LogP contribution is 2.24. The number of nitrogens with zero attached hydrogens (tertiary/aromatic N) is 4. The zero-order chi connectivity index (χ0) is 21.6. The Hall–Kier alpha value is -3.63. The number of likely N-dealkylation sites (N-methyl/N-ethyl adjacent to an activating group) is 1. The van der Waals surface area contributed by atoms with E-state index in [0.717, 1.165) is 21.5 Å². The SMILES string of the molecule is CNCCNC(=O)Cn1cc2cc(NC(=O)c3csc(-c4cccnc4)n3)ccc2n1. The van der Waals surface area contributed by atoms with Crippen LogP contribution in [-0.4, -0.2) is 51.7 Å². The highest BCUT2D eigenvalue weighted by atomic mass is 32.1. The van der Waals surface area contributed by atoms with E-state index >= 15 is 0 Å². The van der Waals surface area contributed by atoms with Crippen LogP contribution in [0.1, 0.15) is 10.5 Å². The molecule has 0 aliphatic carbocycles. The molecule has 158 valence electrons. The van der Waals surface area contributed by atoms with Gasteiger partial charge in [0.05, 0.1) is 5.52 Å². The van der Waals surface area contributed by atoms with E-state index in [2.05, 4.69) is 31.0 Å². The number of nitrogens with one attached hydrogen (secondary N) is 3. The minimum Gasteiger partial charge on any atom is -0.353 e. The molecule has 0 fully saturated rings. The van der Waals surface area contributed by atoms with Crippen molar-refractivity contribution in [1.29, 1.82) is 0 Å². The normalized spacial score (nSPS) is 10.9. The molecule has 3 heterocycles. The molecule has 31 heavy (non-hydrogen) atoms. The molecule has 10 heteroatoms. The predicted molar refractivity (Wildman–Crippen MR) is 120 cm³/mol. The summed E-state index contributed by atoms with van der Waals surface area (Å²) >= 11 is 1.39. The van der Waals surface area contributed by atoms with E-state index in [1.165, 1.54) is 11.3 Å². The van der Waals surface area contributed by atoms with E-state index in [4.69, 9.17) is 0 Å². The monoisotopic (exact) mass is 435 g/mol. The van der Waals surface area contributed by atoms with Gasteiger partial charge in [-0.1, -0.05) is 0 Å². The van der Waals surface area contributed by atoms with Crippen LogP contribution < -0.4 is 16.0 Å². The first-order valence-corrected chi connectivity index (χ1v) is 10.6. The highest BCUT2D eigenvalue weighted by molar-refractivity contribution is 7.13. The molecular weight excluding hydrogens is 414 g/mol. The molecule has 3 aromatic heterocycles. The lowest BCUT2D eigenvalue weighted by Crippen LogP contribution is -2.33. The van der Waals surface area contributed by atoms with E-state index < -0.39 is 0 Å². The van der Waals surface area contributed by atoms with Gasteiger partial charge < -0.3 is 16.0 Å². The topological polar surface area (TPSA) is 114 Å². The van der Waals surface area contributed by atoms with Crippen molar-refractivity contribution in [3.05, 3.63) is 60.0 Å². The summed E-state index contributed by atoms with van der Waals surface area (Å²) in [6, 6.07) is 9.14. The molecule has 0 spiro atoms. The number of rotatable bonds is 8. The smallest absolute Gasteiger partial charge is 0.275 e. The zero-order valence-electron chi connectivity index (χ0n) is 16.8. The number of amides is 2. The van der Waals surface area contributed by atoms with Crippen LogP contribution in [0.4, 0.5) is 5.69 Å². The van der Waals surface area contributed by atoms with Gasteiger partial charge in [-0.15, -0.1) is 11.3 Å². The Morgan fingerprint density at radius 2 is 2.10 bits per heavy atom. The molecule has 0 bridgehead atoms. The van der Waals surface area contributed by atoms with Gasteiger partial charge >= 0.3 is 0 Å². The first-order valence-electron chi connectivity index (χ1n) is 9.68. The molecule has 0 radical (unpaired) electrons. The maximum Gasteiger partial charge on any atom is 0.275 e. The molecule has 4 rings (SSSR count). The fraction of sp³-hybridized carbons (Fsp3) is 0.190. The Labute approximate surface area is 182 Å². The van der Waals surface area contributed by atoms with Gasteiger partial charge in [-0.2, -0.15) is 5.10 Å². The van der Waals surface area contributed by atoms with Gasteiger partial charge in [0, 0.05) is 53.7 Å². The summed E-state index contributed by atoms with van der Waals surface area (Å²) in [5, 5.41) is 16.4. The third-order valence-electron chi connectivity index (χ3n) is 4.46. The molecule has 0 unspecified atom stereocenters. The lowest BCUT2D eigenvalue weighted by molar-refractivity contribution is -0.121. The molecule has 0 saturated carbocycles. The van der Waals surface area contributed by atoms with E-state index in [0.29, 0.717) is 24.5 Å². The first kappa shape index (κ1) is 20.6. The Balaban J connectivity index is 1.42. The molecule has 0 aliphatic heterocycles. The number of carbonyl (C=O) groups excluding carboxylic acids is 2. The Bertz CT molecular complexity index is 1200. The fourth-order valence-corrected chi connectivity index (χ4v) is 3.75. The van der Waals surface area contributed by atoms with Crippen LogP contribution in [0, 0.1) is 0 Å². The van der Waals surface area contributed by atoms with Crippen LogP contribution >= 0.6 is 11.3 Å². The largest absolute Gasteiger partial charge is 0.353 e. The second kappa shape index (κ2) is 9.45. The number of anilines is 1. The second-order valence-electron chi connectivity index (χ2n) is 6.79. The van der Waals surface area contributed by atoms with Crippen molar-refractivity contribution in [2.75, 3.05) is 25.5 Å². The van der Waals surface area contributed by atoms with Crippen LogP contribution in [0.15, 0.2) is 54.3 Å². The third-order valence-corrected chi connectivity index (χ3v) is 5.35. The average molecular weight is 436 g/mol. The number of aromatic nitrogens is 4. The van der Waals surface area contributed by atoms with Gasteiger partial charge in [0.25, 0.3) is 5.91 Å². The predicted octanol–water partition coefficient (Wildman–Crippen LogP) is 2.14. The summed E-state index contributed by atoms with van der Waals surface area (Å²) in [4.78, 5) is 33.1. The molecule has 3 N–H and O–H groups in total. The first-order chi connectivity index (χ1) is 15.1. The van der Waals surface area contributed by atoms with E-state index in [1.807, 2.05) is 31.3 Å². The van der Waals surface area contributed by atoms with Gasteiger partial charge in [0.1, 0.15) is 17.2 Å². The molecule has 4 aromatic rings. The summed E-state index contributed by atoms with van der Waals surface area (Å²) in [5.74, 6) is -0.397. The Kier molecular flexibility index (Phi) is 6.29. The van der Waals surface area contributed by atoms with Gasteiger partial charge in [-0.05, 0) is 37.4 Å².